The molecule has 0 radical (unpaired) electrons. The average Bonchev–Trinajstić information content (AvgIpc) is 2.33. The maximum absolute atomic E-state index is 13.0. The fourth-order valence-electron chi connectivity index (χ4n) is 1.68. The molecular weight excluding hydrogens is 288 g/mol. The Bertz CT molecular complexity index is 623. The summed E-state index contributed by atoms with van der Waals surface area (Å²) in [6.07, 6.45) is 0. The van der Waals surface area contributed by atoms with Crippen LogP contribution in [0.1, 0.15) is 15.9 Å². The molecule has 19 heavy (non-hydrogen) atoms. The maximum atomic E-state index is 13.0. The Kier molecular flexibility index (Phi) is 4.08. The monoisotopic (exact) mass is 297 g/mol. The molecule has 2 aromatic carbocycles. The second-order valence-electron chi connectivity index (χ2n) is 4.01. The summed E-state index contributed by atoms with van der Waals surface area (Å²) in [6, 6.07) is 8.88. The molecule has 0 saturated carbocycles. The maximum Gasteiger partial charge on any atom is 0.256 e. The Morgan fingerprint density at radius 3 is 2.37 bits per heavy atom. The SMILES string of the molecule is Cc1cc(F)ccc1C(=O)Nc1c(Cl)cccc1Cl. The van der Waals surface area contributed by atoms with Gasteiger partial charge in [-0.2, -0.15) is 0 Å². The minimum Gasteiger partial charge on any atom is -0.319 e. The number of rotatable bonds is 2. The molecule has 0 fully saturated rings. The first-order chi connectivity index (χ1) is 8.99. The van der Waals surface area contributed by atoms with Gasteiger partial charge in [-0.3, -0.25) is 4.79 Å². The van der Waals surface area contributed by atoms with Gasteiger partial charge in [-0.25, -0.2) is 4.39 Å². The van der Waals surface area contributed by atoms with E-state index in [9.17, 15) is 9.18 Å². The van der Waals surface area contributed by atoms with Gasteiger partial charge in [0.05, 0.1) is 15.7 Å². The van der Waals surface area contributed by atoms with Gasteiger partial charge < -0.3 is 5.32 Å². The number of amides is 1. The number of anilines is 1. The van der Waals surface area contributed by atoms with E-state index in [0.29, 0.717) is 26.9 Å². The lowest BCUT2D eigenvalue weighted by atomic mass is 10.1. The average molecular weight is 298 g/mol. The van der Waals surface area contributed by atoms with E-state index in [2.05, 4.69) is 5.32 Å². The molecule has 0 atom stereocenters. The van der Waals surface area contributed by atoms with Gasteiger partial charge in [0, 0.05) is 5.56 Å². The summed E-state index contributed by atoms with van der Waals surface area (Å²) in [6.45, 7) is 1.66. The fraction of sp³-hybridized carbons (Fsp3) is 0.0714. The summed E-state index contributed by atoms with van der Waals surface area (Å²) in [5, 5.41) is 3.33. The van der Waals surface area contributed by atoms with E-state index >= 15 is 0 Å². The predicted octanol–water partition coefficient (Wildman–Crippen LogP) is 4.69. The second kappa shape index (κ2) is 5.59. The number of hydrogen-bond acceptors (Lipinski definition) is 1. The van der Waals surface area contributed by atoms with Crippen LogP contribution in [0.3, 0.4) is 0 Å². The molecule has 0 spiro atoms. The highest BCUT2D eigenvalue weighted by Crippen LogP contribution is 2.30. The largest absolute Gasteiger partial charge is 0.319 e. The summed E-state index contributed by atoms with van der Waals surface area (Å²) in [5.41, 5.74) is 1.26. The third-order valence-electron chi connectivity index (χ3n) is 2.63. The van der Waals surface area contributed by atoms with Gasteiger partial charge in [-0.1, -0.05) is 29.3 Å². The van der Waals surface area contributed by atoms with Crippen LogP contribution in [-0.4, -0.2) is 5.91 Å². The third kappa shape index (κ3) is 3.06. The van der Waals surface area contributed by atoms with E-state index in [0.717, 1.165) is 0 Å². The third-order valence-corrected chi connectivity index (χ3v) is 3.26. The van der Waals surface area contributed by atoms with Gasteiger partial charge >= 0.3 is 0 Å². The lowest BCUT2D eigenvalue weighted by Gasteiger charge is -2.10. The van der Waals surface area contributed by atoms with E-state index in [1.165, 1.54) is 18.2 Å². The van der Waals surface area contributed by atoms with Gasteiger partial charge in [0.15, 0.2) is 0 Å². The van der Waals surface area contributed by atoms with Crippen LogP contribution in [-0.2, 0) is 0 Å². The zero-order chi connectivity index (χ0) is 14.0. The first kappa shape index (κ1) is 13.8. The molecule has 0 heterocycles. The highest BCUT2D eigenvalue weighted by molar-refractivity contribution is 6.40. The number of carbonyl (C=O) groups excluding carboxylic acids is 1. The van der Waals surface area contributed by atoms with Crippen LogP contribution in [0.2, 0.25) is 10.0 Å². The minimum absolute atomic E-state index is 0.347. The van der Waals surface area contributed by atoms with E-state index in [-0.39, 0.29) is 11.7 Å². The Labute approximate surface area is 120 Å². The smallest absolute Gasteiger partial charge is 0.256 e. The second-order valence-corrected chi connectivity index (χ2v) is 4.82. The molecule has 5 heteroatoms. The Morgan fingerprint density at radius 1 is 1.16 bits per heavy atom. The molecule has 1 N–H and O–H groups in total. The minimum atomic E-state index is -0.384. The number of benzene rings is 2. The van der Waals surface area contributed by atoms with Gasteiger partial charge in [-0.15, -0.1) is 0 Å². The van der Waals surface area contributed by atoms with Crippen molar-refractivity contribution in [3.05, 3.63) is 63.4 Å². The summed E-state index contributed by atoms with van der Waals surface area (Å²) in [4.78, 5) is 12.1. The van der Waals surface area contributed by atoms with E-state index in [1.54, 1.807) is 25.1 Å². The van der Waals surface area contributed by atoms with Crippen LogP contribution in [0.25, 0.3) is 0 Å². The molecule has 0 saturated heterocycles. The molecular formula is C14H10Cl2FNO. The van der Waals surface area contributed by atoms with Crippen molar-refractivity contribution in [1.82, 2.24) is 0 Å². The zero-order valence-electron chi connectivity index (χ0n) is 10.0. The summed E-state index contributed by atoms with van der Waals surface area (Å²) < 4.78 is 13.0. The Morgan fingerprint density at radius 2 is 1.79 bits per heavy atom. The summed E-state index contributed by atoms with van der Waals surface area (Å²) in [5.74, 6) is -0.766. The molecule has 2 rings (SSSR count). The van der Waals surface area contributed by atoms with Crippen molar-refractivity contribution in [3.63, 3.8) is 0 Å². The van der Waals surface area contributed by atoms with Crippen LogP contribution < -0.4 is 5.32 Å². The molecule has 0 aliphatic carbocycles. The molecule has 0 aromatic heterocycles. The number of nitrogens with one attached hydrogen (secondary N) is 1. The first-order valence-corrected chi connectivity index (χ1v) is 6.26. The van der Waals surface area contributed by atoms with E-state index in [1.807, 2.05) is 0 Å². The van der Waals surface area contributed by atoms with Crippen LogP contribution in [0.5, 0.6) is 0 Å². The molecule has 2 aromatic rings. The van der Waals surface area contributed by atoms with E-state index in [4.69, 9.17) is 23.2 Å². The lowest BCUT2D eigenvalue weighted by molar-refractivity contribution is 0.102. The van der Waals surface area contributed by atoms with Crippen molar-refractivity contribution >= 4 is 34.8 Å². The summed E-state index contributed by atoms with van der Waals surface area (Å²) in [7, 11) is 0. The highest BCUT2D eigenvalue weighted by atomic mass is 35.5. The van der Waals surface area contributed by atoms with Crippen LogP contribution >= 0.6 is 23.2 Å². The van der Waals surface area contributed by atoms with Crippen molar-refractivity contribution < 1.29 is 9.18 Å². The van der Waals surface area contributed by atoms with Gasteiger partial charge in [0.25, 0.3) is 5.91 Å². The standard InChI is InChI=1S/C14H10Cl2FNO/c1-8-7-9(17)5-6-10(8)14(19)18-13-11(15)3-2-4-12(13)16/h2-7H,1H3,(H,18,19). The molecule has 0 unspecified atom stereocenters. The molecule has 0 bridgehead atoms. The molecule has 1 amide bonds. The highest BCUT2D eigenvalue weighted by Gasteiger charge is 2.13. The number of para-hydroxylation sites is 1. The molecule has 0 aliphatic rings. The van der Waals surface area contributed by atoms with Crippen LogP contribution in [0.15, 0.2) is 36.4 Å². The lowest BCUT2D eigenvalue weighted by Crippen LogP contribution is -2.14. The quantitative estimate of drug-likeness (QED) is 0.856. The van der Waals surface area contributed by atoms with Gasteiger partial charge in [-0.05, 0) is 42.8 Å². The van der Waals surface area contributed by atoms with Crippen molar-refractivity contribution in [3.8, 4) is 0 Å². The van der Waals surface area contributed by atoms with Crippen molar-refractivity contribution in [2.45, 2.75) is 6.92 Å². The van der Waals surface area contributed by atoms with E-state index < -0.39 is 0 Å². The predicted molar refractivity (Wildman–Crippen MR) is 75.6 cm³/mol. The molecule has 0 aliphatic heterocycles. The Hall–Kier alpha value is -1.58. The number of aryl methyl sites for hydroxylation is 1. The van der Waals surface area contributed by atoms with Crippen LogP contribution in [0.4, 0.5) is 10.1 Å². The number of halogens is 3. The normalized spacial score (nSPS) is 10.3. The van der Waals surface area contributed by atoms with Crippen molar-refractivity contribution in [1.29, 1.82) is 0 Å². The summed E-state index contributed by atoms with van der Waals surface area (Å²) >= 11 is 11.9. The van der Waals surface area contributed by atoms with Gasteiger partial charge in [0.1, 0.15) is 5.82 Å². The first-order valence-electron chi connectivity index (χ1n) is 5.50. The van der Waals surface area contributed by atoms with Crippen LogP contribution in [0, 0.1) is 12.7 Å². The number of hydrogen-bond donors (Lipinski definition) is 1. The fourth-order valence-corrected chi connectivity index (χ4v) is 2.17. The number of carbonyl (C=O) groups is 1. The zero-order valence-corrected chi connectivity index (χ0v) is 11.5. The van der Waals surface area contributed by atoms with Crippen molar-refractivity contribution in [2.24, 2.45) is 0 Å². The van der Waals surface area contributed by atoms with Gasteiger partial charge in [0.2, 0.25) is 0 Å². The molecule has 2 nitrogen and oxygen atoms in total. The van der Waals surface area contributed by atoms with Crippen molar-refractivity contribution in [2.75, 3.05) is 5.32 Å². The topological polar surface area (TPSA) is 29.1 Å². The molecule has 98 valence electrons. The Balaban J connectivity index is 2.31.